The van der Waals surface area contributed by atoms with E-state index in [1.807, 2.05) is 18.2 Å². The van der Waals surface area contributed by atoms with Crippen LogP contribution in [0.25, 0.3) is 0 Å². The lowest BCUT2D eigenvalue weighted by molar-refractivity contribution is 0.112. The fourth-order valence-corrected chi connectivity index (χ4v) is 3.95. The number of ether oxygens (including phenoxy) is 1. The van der Waals surface area contributed by atoms with Gasteiger partial charge in [0.05, 0.1) is 6.61 Å². The predicted octanol–water partition coefficient (Wildman–Crippen LogP) is 6.32. The van der Waals surface area contributed by atoms with Crippen LogP contribution in [0.3, 0.4) is 0 Å². The predicted molar refractivity (Wildman–Crippen MR) is 122 cm³/mol. The highest BCUT2D eigenvalue weighted by molar-refractivity contribution is 5.76. The molecule has 158 valence electrons. The van der Waals surface area contributed by atoms with E-state index in [4.69, 9.17) is 4.74 Å². The molecule has 0 N–H and O–H groups in total. The Morgan fingerprint density at radius 3 is 2.28 bits per heavy atom. The number of rotatable bonds is 12. The minimum absolute atomic E-state index is 0.188. The summed E-state index contributed by atoms with van der Waals surface area (Å²) in [6.45, 7) is 12.9. The highest BCUT2D eigenvalue weighted by Crippen LogP contribution is 2.35. The van der Waals surface area contributed by atoms with Gasteiger partial charge in [-0.05, 0) is 70.8 Å². The van der Waals surface area contributed by atoms with Crippen molar-refractivity contribution in [2.45, 2.75) is 71.9 Å². The third kappa shape index (κ3) is 6.71. The SMILES string of the molecule is CCCCOc1ccc(C=O)cc1[C@H](CCN(C(C)C)C(C)C)c1ccccc1. The van der Waals surface area contributed by atoms with Gasteiger partial charge in [-0.3, -0.25) is 9.69 Å². The van der Waals surface area contributed by atoms with Gasteiger partial charge in [-0.15, -0.1) is 0 Å². The van der Waals surface area contributed by atoms with Crippen molar-refractivity contribution in [1.29, 1.82) is 0 Å². The van der Waals surface area contributed by atoms with E-state index >= 15 is 0 Å². The summed E-state index contributed by atoms with van der Waals surface area (Å²) in [7, 11) is 0. The Kier molecular flexibility index (Phi) is 9.40. The monoisotopic (exact) mass is 395 g/mol. The average Bonchev–Trinajstić information content (AvgIpc) is 2.72. The van der Waals surface area contributed by atoms with E-state index in [1.54, 1.807) is 0 Å². The van der Waals surface area contributed by atoms with E-state index in [2.05, 4.69) is 69.9 Å². The van der Waals surface area contributed by atoms with Gasteiger partial charge in [0.25, 0.3) is 0 Å². The molecule has 2 aromatic rings. The maximum absolute atomic E-state index is 11.5. The van der Waals surface area contributed by atoms with Gasteiger partial charge < -0.3 is 4.74 Å². The van der Waals surface area contributed by atoms with Crippen LogP contribution >= 0.6 is 0 Å². The molecule has 2 rings (SSSR count). The first-order valence-corrected chi connectivity index (χ1v) is 11.0. The Balaban J connectivity index is 2.41. The van der Waals surface area contributed by atoms with E-state index in [1.165, 1.54) is 5.56 Å². The lowest BCUT2D eigenvalue weighted by Crippen LogP contribution is -2.38. The van der Waals surface area contributed by atoms with E-state index < -0.39 is 0 Å². The largest absolute Gasteiger partial charge is 0.493 e. The summed E-state index contributed by atoms with van der Waals surface area (Å²) in [5.41, 5.74) is 3.08. The summed E-state index contributed by atoms with van der Waals surface area (Å²) < 4.78 is 6.15. The van der Waals surface area contributed by atoms with Crippen LogP contribution in [0.4, 0.5) is 0 Å². The van der Waals surface area contributed by atoms with Crippen molar-refractivity contribution in [3.63, 3.8) is 0 Å². The van der Waals surface area contributed by atoms with Gasteiger partial charge in [-0.2, -0.15) is 0 Å². The Labute approximate surface area is 177 Å². The maximum Gasteiger partial charge on any atom is 0.150 e. The van der Waals surface area contributed by atoms with Crippen LogP contribution in [0.2, 0.25) is 0 Å². The number of unbranched alkanes of at least 4 members (excludes halogenated alkanes) is 1. The molecule has 3 nitrogen and oxygen atoms in total. The number of carbonyl (C=O) groups excluding carboxylic acids is 1. The molecular weight excluding hydrogens is 358 g/mol. The van der Waals surface area contributed by atoms with E-state index in [0.717, 1.165) is 43.4 Å². The molecule has 0 heterocycles. The van der Waals surface area contributed by atoms with Crippen LogP contribution in [0.1, 0.15) is 81.3 Å². The second-order valence-electron chi connectivity index (χ2n) is 8.29. The molecule has 0 aromatic heterocycles. The summed E-state index contributed by atoms with van der Waals surface area (Å²) in [4.78, 5) is 14.0. The van der Waals surface area contributed by atoms with Gasteiger partial charge >= 0.3 is 0 Å². The van der Waals surface area contributed by atoms with Crippen molar-refractivity contribution in [3.05, 3.63) is 65.2 Å². The third-order valence-electron chi connectivity index (χ3n) is 5.51. The molecule has 0 unspecified atom stereocenters. The average molecular weight is 396 g/mol. The molecule has 0 spiro atoms. The highest BCUT2D eigenvalue weighted by atomic mass is 16.5. The Bertz CT molecular complexity index is 732. The van der Waals surface area contributed by atoms with E-state index in [-0.39, 0.29) is 5.92 Å². The van der Waals surface area contributed by atoms with Crippen LogP contribution in [-0.4, -0.2) is 36.4 Å². The molecule has 2 aromatic carbocycles. The maximum atomic E-state index is 11.5. The Hall–Kier alpha value is -2.13. The summed E-state index contributed by atoms with van der Waals surface area (Å²) in [6, 6.07) is 17.4. The molecule has 3 heteroatoms. The minimum atomic E-state index is 0.188. The minimum Gasteiger partial charge on any atom is -0.493 e. The highest BCUT2D eigenvalue weighted by Gasteiger charge is 2.22. The number of benzene rings is 2. The van der Waals surface area contributed by atoms with Crippen LogP contribution in [0.15, 0.2) is 48.5 Å². The quantitative estimate of drug-likeness (QED) is 0.311. The zero-order valence-corrected chi connectivity index (χ0v) is 18.7. The summed E-state index contributed by atoms with van der Waals surface area (Å²) in [5.74, 6) is 1.09. The van der Waals surface area contributed by atoms with Crippen LogP contribution in [-0.2, 0) is 0 Å². The number of nitrogens with zero attached hydrogens (tertiary/aromatic N) is 1. The van der Waals surface area contributed by atoms with Crippen molar-refractivity contribution < 1.29 is 9.53 Å². The normalized spacial score (nSPS) is 12.6. The molecule has 29 heavy (non-hydrogen) atoms. The second-order valence-corrected chi connectivity index (χ2v) is 8.29. The van der Waals surface area contributed by atoms with Gasteiger partial charge in [-0.25, -0.2) is 0 Å². The van der Waals surface area contributed by atoms with Gasteiger partial charge in [0.1, 0.15) is 12.0 Å². The zero-order valence-electron chi connectivity index (χ0n) is 18.7. The van der Waals surface area contributed by atoms with Crippen molar-refractivity contribution >= 4 is 6.29 Å². The fourth-order valence-electron chi connectivity index (χ4n) is 3.95. The van der Waals surface area contributed by atoms with E-state index in [9.17, 15) is 4.79 Å². The van der Waals surface area contributed by atoms with Crippen LogP contribution < -0.4 is 4.74 Å². The van der Waals surface area contributed by atoms with Gasteiger partial charge in [0, 0.05) is 29.1 Å². The molecule has 0 radical (unpaired) electrons. The molecule has 0 bridgehead atoms. The fraction of sp³-hybridized carbons (Fsp3) is 0.500. The Morgan fingerprint density at radius 2 is 1.69 bits per heavy atom. The molecule has 0 saturated heterocycles. The number of aldehydes is 1. The first kappa shape index (κ1) is 23.2. The topological polar surface area (TPSA) is 29.5 Å². The van der Waals surface area contributed by atoms with E-state index in [0.29, 0.717) is 24.3 Å². The lowest BCUT2D eigenvalue weighted by Gasteiger charge is -2.32. The smallest absolute Gasteiger partial charge is 0.150 e. The molecule has 0 amide bonds. The summed E-state index contributed by atoms with van der Waals surface area (Å²) >= 11 is 0. The first-order chi connectivity index (χ1) is 14.0. The molecule has 0 saturated carbocycles. The Morgan fingerprint density at radius 1 is 1.00 bits per heavy atom. The molecule has 1 atom stereocenters. The molecule has 0 fully saturated rings. The van der Waals surface area contributed by atoms with Gasteiger partial charge in [-0.1, -0.05) is 43.7 Å². The van der Waals surface area contributed by atoms with Crippen LogP contribution in [0.5, 0.6) is 5.75 Å². The van der Waals surface area contributed by atoms with Crippen molar-refractivity contribution in [3.8, 4) is 5.75 Å². The van der Waals surface area contributed by atoms with Crippen LogP contribution in [0, 0.1) is 0 Å². The standard InChI is InChI=1S/C26H37NO2/c1-6-7-17-29-26-14-13-22(19-28)18-25(26)24(23-11-9-8-10-12-23)15-16-27(20(2)3)21(4)5/h8-14,18-21,24H,6-7,15-17H2,1-5H3/t24-/m1/s1. The third-order valence-corrected chi connectivity index (χ3v) is 5.51. The number of hydrogen-bond acceptors (Lipinski definition) is 3. The van der Waals surface area contributed by atoms with Crippen molar-refractivity contribution in [1.82, 2.24) is 4.90 Å². The van der Waals surface area contributed by atoms with Gasteiger partial charge in [0.2, 0.25) is 0 Å². The van der Waals surface area contributed by atoms with Crippen molar-refractivity contribution in [2.24, 2.45) is 0 Å². The molecular formula is C26H37NO2. The molecule has 0 aliphatic rings. The first-order valence-electron chi connectivity index (χ1n) is 11.0. The summed E-state index contributed by atoms with van der Waals surface area (Å²) in [6.07, 6.45) is 4.03. The molecule has 0 aliphatic carbocycles. The molecule has 0 aliphatic heterocycles. The lowest BCUT2D eigenvalue weighted by atomic mass is 9.86. The van der Waals surface area contributed by atoms with Gasteiger partial charge in [0.15, 0.2) is 0 Å². The van der Waals surface area contributed by atoms with Crippen molar-refractivity contribution in [2.75, 3.05) is 13.2 Å². The number of carbonyl (C=O) groups is 1. The zero-order chi connectivity index (χ0) is 21.2. The summed E-state index contributed by atoms with van der Waals surface area (Å²) in [5, 5.41) is 0. The number of hydrogen-bond donors (Lipinski definition) is 0. The second kappa shape index (κ2) is 11.8.